The van der Waals surface area contributed by atoms with Crippen molar-refractivity contribution >= 4 is 34.5 Å². The van der Waals surface area contributed by atoms with E-state index < -0.39 is 0 Å². The molecule has 0 aromatic carbocycles. The van der Waals surface area contributed by atoms with Gasteiger partial charge in [-0.05, 0) is 12.6 Å². The van der Waals surface area contributed by atoms with Crippen molar-refractivity contribution < 1.29 is 0 Å². The summed E-state index contributed by atoms with van der Waals surface area (Å²) in [6.45, 7) is 2.89. The molecule has 14 heavy (non-hydrogen) atoms. The predicted octanol–water partition coefficient (Wildman–Crippen LogP) is 3.73. The van der Waals surface area contributed by atoms with E-state index in [2.05, 4.69) is 11.2 Å². The lowest BCUT2D eigenvalue weighted by Crippen LogP contribution is -2.20. The fourth-order valence-corrected chi connectivity index (χ4v) is 2.83. The van der Waals surface area contributed by atoms with Crippen LogP contribution >= 0.6 is 34.5 Å². The zero-order valence-electron chi connectivity index (χ0n) is 7.81. The van der Waals surface area contributed by atoms with Crippen molar-refractivity contribution in [2.24, 2.45) is 0 Å². The van der Waals surface area contributed by atoms with Crippen LogP contribution in [0.15, 0.2) is 6.07 Å². The highest BCUT2D eigenvalue weighted by Gasteiger charge is 2.15. The first-order valence-electron chi connectivity index (χ1n) is 4.30. The zero-order valence-corrected chi connectivity index (χ0v) is 10.1. The van der Waals surface area contributed by atoms with Gasteiger partial charge in [0.2, 0.25) is 0 Å². The second-order valence-electron chi connectivity index (χ2n) is 2.80. The first-order valence-corrected chi connectivity index (χ1v) is 5.87. The summed E-state index contributed by atoms with van der Waals surface area (Å²) in [5, 5.41) is 3.28. The topological polar surface area (TPSA) is 12.0 Å². The van der Waals surface area contributed by atoms with Crippen LogP contribution < -0.4 is 5.32 Å². The van der Waals surface area contributed by atoms with Gasteiger partial charge >= 0.3 is 0 Å². The largest absolute Gasteiger partial charge is 0.309 e. The third-order valence-electron chi connectivity index (χ3n) is 1.83. The lowest BCUT2D eigenvalue weighted by atomic mass is 10.1. The number of halogens is 2. The molecule has 1 aromatic rings. The summed E-state index contributed by atoms with van der Waals surface area (Å²) in [4.78, 5) is 0. The number of terminal acetylenes is 1. The van der Waals surface area contributed by atoms with Gasteiger partial charge in [0.05, 0.1) is 8.67 Å². The molecule has 1 N–H and O–H groups in total. The van der Waals surface area contributed by atoms with Crippen molar-refractivity contribution in [3.63, 3.8) is 0 Å². The van der Waals surface area contributed by atoms with Crippen molar-refractivity contribution in [1.82, 2.24) is 5.32 Å². The van der Waals surface area contributed by atoms with E-state index in [0.717, 1.165) is 16.4 Å². The summed E-state index contributed by atoms with van der Waals surface area (Å²) >= 11 is 13.3. The molecule has 0 saturated carbocycles. The predicted molar refractivity (Wildman–Crippen MR) is 64.2 cm³/mol. The van der Waals surface area contributed by atoms with E-state index in [0.29, 0.717) is 10.8 Å². The molecule has 0 amide bonds. The molecule has 1 aromatic heterocycles. The van der Waals surface area contributed by atoms with E-state index >= 15 is 0 Å². The fourth-order valence-electron chi connectivity index (χ4n) is 1.25. The smallest absolute Gasteiger partial charge is 0.0992 e. The molecule has 0 aliphatic carbocycles. The van der Waals surface area contributed by atoms with E-state index in [4.69, 9.17) is 29.6 Å². The highest BCUT2D eigenvalue weighted by Crippen LogP contribution is 2.35. The first kappa shape index (κ1) is 11.9. The zero-order chi connectivity index (χ0) is 10.6. The molecule has 76 valence electrons. The molecule has 1 heterocycles. The molecular formula is C10H11Cl2NS. The highest BCUT2D eigenvalue weighted by molar-refractivity contribution is 7.20. The van der Waals surface area contributed by atoms with Crippen molar-refractivity contribution in [3.8, 4) is 12.3 Å². The van der Waals surface area contributed by atoms with Crippen LogP contribution in [0.3, 0.4) is 0 Å². The SMILES string of the molecule is C#CCC(NCC)c1cc(Cl)sc1Cl. The molecule has 0 fully saturated rings. The van der Waals surface area contributed by atoms with Gasteiger partial charge in [-0.1, -0.05) is 30.1 Å². The second kappa shape index (κ2) is 5.63. The van der Waals surface area contributed by atoms with Crippen molar-refractivity contribution in [3.05, 3.63) is 20.3 Å². The molecule has 1 rings (SSSR count). The van der Waals surface area contributed by atoms with Gasteiger partial charge in [-0.15, -0.1) is 23.7 Å². The number of rotatable bonds is 4. The molecule has 1 unspecified atom stereocenters. The minimum absolute atomic E-state index is 0.112. The maximum atomic E-state index is 6.04. The van der Waals surface area contributed by atoms with Crippen LogP contribution in [-0.2, 0) is 0 Å². The van der Waals surface area contributed by atoms with Gasteiger partial charge in [0.15, 0.2) is 0 Å². The van der Waals surface area contributed by atoms with E-state index in [-0.39, 0.29) is 6.04 Å². The molecular weight excluding hydrogens is 237 g/mol. The number of nitrogens with one attached hydrogen (secondary N) is 1. The average molecular weight is 248 g/mol. The summed E-state index contributed by atoms with van der Waals surface area (Å²) in [7, 11) is 0. The van der Waals surface area contributed by atoms with Gasteiger partial charge in [0.1, 0.15) is 0 Å². The lowest BCUT2D eigenvalue weighted by molar-refractivity contribution is 0.567. The van der Waals surface area contributed by atoms with Gasteiger partial charge in [-0.25, -0.2) is 0 Å². The molecule has 0 bridgehead atoms. The molecule has 4 heteroatoms. The molecule has 0 spiro atoms. The Bertz CT molecular complexity index is 340. The normalized spacial score (nSPS) is 12.4. The van der Waals surface area contributed by atoms with Gasteiger partial charge in [0, 0.05) is 18.0 Å². The van der Waals surface area contributed by atoms with E-state index in [1.165, 1.54) is 11.3 Å². The quantitative estimate of drug-likeness (QED) is 0.800. The van der Waals surface area contributed by atoms with E-state index in [1.54, 1.807) is 0 Å². The van der Waals surface area contributed by atoms with Gasteiger partial charge in [0.25, 0.3) is 0 Å². The lowest BCUT2D eigenvalue weighted by Gasteiger charge is -2.13. The maximum Gasteiger partial charge on any atom is 0.0992 e. The Balaban J connectivity index is 2.87. The van der Waals surface area contributed by atoms with E-state index in [1.807, 2.05) is 13.0 Å². The third kappa shape index (κ3) is 2.90. The molecule has 0 saturated heterocycles. The standard InChI is InChI=1S/C10H11Cl2NS/c1-3-5-8(13-4-2)7-6-9(11)14-10(7)12/h1,6,8,13H,4-5H2,2H3. The van der Waals surface area contributed by atoms with Gasteiger partial charge in [-0.3, -0.25) is 0 Å². The fraction of sp³-hybridized carbons (Fsp3) is 0.400. The molecule has 0 aliphatic rings. The van der Waals surface area contributed by atoms with Crippen LogP contribution in [0, 0.1) is 12.3 Å². The maximum absolute atomic E-state index is 6.04. The summed E-state index contributed by atoms with van der Waals surface area (Å²) in [5.74, 6) is 2.63. The van der Waals surface area contributed by atoms with Crippen LogP contribution in [0.1, 0.15) is 24.9 Å². The Morgan fingerprint density at radius 3 is 2.79 bits per heavy atom. The molecule has 0 aliphatic heterocycles. The highest BCUT2D eigenvalue weighted by atomic mass is 35.5. The Kier molecular flexibility index (Phi) is 4.77. The summed E-state index contributed by atoms with van der Waals surface area (Å²) in [5.41, 5.74) is 1.00. The Hall–Kier alpha value is -0.200. The van der Waals surface area contributed by atoms with Crippen LogP contribution in [0.25, 0.3) is 0 Å². The Morgan fingerprint density at radius 2 is 2.36 bits per heavy atom. The molecule has 0 radical (unpaired) electrons. The van der Waals surface area contributed by atoms with Crippen LogP contribution in [0.2, 0.25) is 8.67 Å². The van der Waals surface area contributed by atoms with Crippen LogP contribution in [0.5, 0.6) is 0 Å². The van der Waals surface area contributed by atoms with Gasteiger partial charge in [-0.2, -0.15) is 0 Å². The van der Waals surface area contributed by atoms with Crippen molar-refractivity contribution in [1.29, 1.82) is 0 Å². The minimum atomic E-state index is 0.112. The summed E-state index contributed by atoms with van der Waals surface area (Å²) < 4.78 is 1.42. The molecule has 1 nitrogen and oxygen atoms in total. The van der Waals surface area contributed by atoms with Crippen LogP contribution in [0.4, 0.5) is 0 Å². The first-order chi connectivity index (χ1) is 6.69. The van der Waals surface area contributed by atoms with Gasteiger partial charge < -0.3 is 5.32 Å². The summed E-state index contributed by atoms with van der Waals surface area (Å²) in [6, 6.07) is 1.99. The Labute approximate surface area is 98.4 Å². The third-order valence-corrected chi connectivity index (χ3v) is 3.35. The minimum Gasteiger partial charge on any atom is -0.309 e. The van der Waals surface area contributed by atoms with Crippen molar-refractivity contribution in [2.75, 3.05) is 6.54 Å². The number of hydrogen-bond acceptors (Lipinski definition) is 2. The average Bonchev–Trinajstić information content (AvgIpc) is 2.45. The molecule has 1 atom stereocenters. The Morgan fingerprint density at radius 1 is 1.64 bits per heavy atom. The second-order valence-corrected chi connectivity index (χ2v) is 5.08. The number of hydrogen-bond donors (Lipinski definition) is 1. The van der Waals surface area contributed by atoms with Crippen molar-refractivity contribution in [2.45, 2.75) is 19.4 Å². The van der Waals surface area contributed by atoms with E-state index in [9.17, 15) is 0 Å². The van der Waals surface area contributed by atoms with Crippen LogP contribution in [-0.4, -0.2) is 6.54 Å². The summed E-state index contributed by atoms with van der Waals surface area (Å²) in [6.07, 6.45) is 5.92. The number of thiophene rings is 1. The monoisotopic (exact) mass is 247 g/mol.